The number of sulfonamides is 1. The number of hydrogen-bond donors (Lipinski definition) is 2. The smallest absolute Gasteiger partial charge is 0.242 e. The van der Waals surface area contributed by atoms with E-state index in [4.69, 9.17) is 27.9 Å². The summed E-state index contributed by atoms with van der Waals surface area (Å²) in [6.07, 6.45) is 0. The monoisotopic (exact) mass is 416 g/mol. The molecule has 0 aliphatic rings. The van der Waals surface area contributed by atoms with E-state index in [0.717, 1.165) is 5.56 Å². The molecular formula is C17H18Cl2N2O4S. The lowest BCUT2D eigenvalue weighted by Gasteiger charge is -2.17. The Morgan fingerprint density at radius 1 is 1.15 bits per heavy atom. The number of hydrogen-bond acceptors (Lipinski definition) is 4. The van der Waals surface area contributed by atoms with Gasteiger partial charge < -0.3 is 10.1 Å². The van der Waals surface area contributed by atoms with Gasteiger partial charge in [-0.1, -0.05) is 23.2 Å². The van der Waals surface area contributed by atoms with Crippen molar-refractivity contribution in [1.29, 1.82) is 0 Å². The lowest BCUT2D eigenvalue weighted by molar-refractivity contribution is -0.117. The van der Waals surface area contributed by atoms with E-state index < -0.39 is 22.0 Å². The number of anilines is 1. The maximum Gasteiger partial charge on any atom is 0.242 e. The summed E-state index contributed by atoms with van der Waals surface area (Å²) < 4.78 is 32.2. The molecule has 26 heavy (non-hydrogen) atoms. The van der Waals surface area contributed by atoms with Crippen molar-refractivity contribution in [3.05, 3.63) is 52.0 Å². The van der Waals surface area contributed by atoms with Crippen LogP contribution in [0, 0.1) is 6.92 Å². The van der Waals surface area contributed by atoms with Crippen molar-refractivity contribution < 1.29 is 17.9 Å². The summed E-state index contributed by atoms with van der Waals surface area (Å²) in [5, 5.41) is 3.56. The molecule has 0 spiro atoms. The highest BCUT2D eigenvalue weighted by atomic mass is 35.5. The third-order valence-corrected chi connectivity index (χ3v) is 5.80. The molecule has 0 heterocycles. The number of carbonyl (C=O) groups is 1. The molecule has 140 valence electrons. The van der Waals surface area contributed by atoms with E-state index in [2.05, 4.69) is 10.0 Å². The zero-order chi connectivity index (χ0) is 19.5. The number of methoxy groups -OCH3 is 1. The lowest BCUT2D eigenvalue weighted by atomic mass is 10.2. The van der Waals surface area contributed by atoms with Crippen LogP contribution in [0.15, 0.2) is 41.3 Å². The van der Waals surface area contributed by atoms with Gasteiger partial charge in [-0.2, -0.15) is 4.72 Å². The molecule has 0 bridgehead atoms. The highest BCUT2D eigenvalue weighted by Crippen LogP contribution is 2.31. The fourth-order valence-corrected chi connectivity index (χ4v) is 3.62. The zero-order valence-corrected chi connectivity index (χ0v) is 16.7. The largest absolute Gasteiger partial charge is 0.495 e. The fourth-order valence-electron chi connectivity index (χ4n) is 2.14. The molecule has 2 aromatic carbocycles. The van der Waals surface area contributed by atoms with Crippen LogP contribution in [0.2, 0.25) is 10.0 Å². The normalized spacial score (nSPS) is 12.5. The minimum atomic E-state index is -3.87. The summed E-state index contributed by atoms with van der Waals surface area (Å²) in [5.74, 6) is -0.163. The van der Waals surface area contributed by atoms with Gasteiger partial charge in [-0.05, 0) is 49.7 Å². The van der Waals surface area contributed by atoms with Gasteiger partial charge >= 0.3 is 0 Å². The average Bonchev–Trinajstić information content (AvgIpc) is 2.57. The van der Waals surface area contributed by atoms with Crippen molar-refractivity contribution in [3.8, 4) is 5.75 Å². The summed E-state index contributed by atoms with van der Waals surface area (Å²) in [6.45, 7) is 3.22. The predicted octanol–water partition coefficient (Wildman–Crippen LogP) is 3.62. The average molecular weight is 417 g/mol. The number of amides is 1. The third-order valence-electron chi connectivity index (χ3n) is 3.59. The highest BCUT2D eigenvalue weighted by Gasteiger charge is 2.23. The van der Waals surface area contributed by atoms with Crippen LogP contribution in [0.3, 0.4) is 0 Å². The molecule has 6 nitrogen and oxygen atoms in total. The second-order valence-electron chi connectivity index (χ2n) is 5.59. The van der Waals surface area contributed by atoms with E-state index in [9.17, 15) is 13.2 Å². The van der Waals surface area contributed by atoms with Gasteiger partial charge in [0, 0.05) is 16.1 Å². The van der Waals surface area contributed by atoms with Gasteiger partial charge in [0.1, 0.15) is 5.75 Å². The topological polar surface area (TPSA) is 84.5 Å². The second kappa shape index (κ2) is 8.26. The predicted molar refractivity (Wildman–Crippen MR) is 103 cm³/mol. The van der Waals surface area contributed by atoms with E-state index in [1.807, 2.05) is 0 Å². The van der Waals surface area contributed by atoms with Crippen molar-refractivity contribution in [2.45, 2.75) is 24.8 Å². The number of aryl methyl sites for hydroxylation is 1. The van der Waals surface area contributed by atoms with Crippen LogP contribution in [0.5, 0.6) is 5.75 Å². The van der Waals surface area contributed by atoms with E-state index in [1.165, 1.54) is 38.3 Å². The summed E-state index contributed by atoms with van der Waals surface area (Å²) in [6, 6.07) is 7.86. The van der Waals surface area contributed by atoms with Gasteiger partial charge in [-0.15, -0.1) is 0 Å². The molecule has 0 saturated carbocycles. The van der Waals surface area contributed by atoms with Gasteiger partial charge in [-0.3, -0.25) is 4.79 Å². The molecule has 1 atom stereocenters. The first-order valence-corrected chi connectivity index (χ1v) is 9.81. The Kier molecular flexibility index (Phi) is 6.52. The Balaban J connectivity index is 2.15. The van der Waals surface area contributed by atoms with Gasteiger partial charge in [0.15, 0.2) is 0 Å². The Hall–Kier alpha value is -1.80. The summed E-state index contributed by atoms with van der Waals surface area (Å²) in [4.78, 5) is 12.4. The van der Waals surface area contributed by atoms with Crippen LogP contribution >= 0.6 is 23.2 Å². The highest BCUT2D eigenvalue weighted by molar-refractivity contribution is 7.89. The first-order valence-electron chi connectivity index (χ1n) is 7.57. The third kappa shape index (κ3) is 4.88. The van der Waals surface area contributed by atoms with Crippen molar-refractivity contribution in [2.75, 3.05) is 12.4 Å². The Morgan fingerprint density at radius 2 is 1.77 bits per heavy atom. The molecule has 0 aliphatic carbocycles. The minimum absolute atomic E-state index is 0.0152. The molecule has 0 aromatic heterocycles. The minimum Gasteiger partial charge on any atom is -0.495 e. The lowest BCUT2D eigenvalue weighted by Crippen LogP contribution is -2.41. The molecule has 0 fully saturated rings. The van der Waals surface area contributed by atoms with Crippen molar-refractivity contribution in [2.24, 2.45) is 0 Å². The number of rotatable bonds is 6. The van der Waals surface area contributed by atoms with Gasteiger partial charge in [0.05, 0.1) is 23.7 Å². The molecule has 2 aromatic rings. The molecule has 1 amide bonds. The van der Waals surface area contributed by atoms with Crippen LogP contribution in [-0.4, -0.2) is 27.5 Å². The van der Waals surface area contributed by atoms with Crippen molar-refractivity contribution in [3.63, 3.8) is 0 Å². The number of benzene rings is 2. The van der Waals surface area contributed by atoms with Crippen molar-refractivity contribution >= 4 is 44.8 Å². The van der Waals surface area contributed by atoms with Gasteiger partial charge in [0.2, 0.25) is 15.9 Å². The molecule has 0 saturated heterocycles. The first kappa shape index (κ1) is 20.5. The maximum absolute atomic E-state index is 12.4. The van der Waals surface area contributed by atoms with Gasteiger partial charge in [-0.25, -0.2) is 8.42 Å². The van der Waals surface area contributed by atoms with Crippen LogP contribution in [-0.2, 0) is 14.8 Å². The summed E-state index contributed by atoms with van der Waals surface area (Å²) in [7, 11) is -2.42. The molecule has 9 heteroatoms. The number of halogens is 2. The molecule has 0 aliphatic heterocycles. The zero-order valence-electron chi connectivity index (χ0n) is 14.3. The number of ether oxygens (including phenoxy) is 1. The van der Waals surface area contributed by atoms with Crippen LogP contribution in [0.1, 0.15) is 12.5 Å². The molecule has 2 rings (SSSR count). The van der Waals surface area contributed by atoms with Crippen molar-refractivity contribution in [1.82, 2.24) is 4.72 Å². The Labute approximate surface area is 162 Å². The number of nitrogens with one attached hydrogen (secondary N) is 2. The second-order valence-corrected chi connectivity index (χ2v) is 8.15. The van der Waals surface area contributed by atoms with E-state index in [-0.39, 0.29) is 4.90 Å². The standard InChI is InChI=1S/C17H18Cl2N2O4S/c1-10-8-15(16(25-3)9-14(10)19)20-17(22)11(2)21-26(23,24)13-6-4-12(18)5-7-13/h4-9,11,21H,1-3H3,(H,20,22). The molecule has 1 unspecified atom stereocenters. The summed E-state index contributed by atoms with van der Waals surface area (Å²) >= 11 is 11.8. The van der Waals surface area contributed by atoms with Gasteiger partial charge in [0.25, 0.3) is 0 Å². The maximum atomic E-state index is 12.4. The van der Waals surface area contributed by atoms with Crippen LogP contribution in [0.4, 0.5) is 5.69 Å². The fraction of sp³-hybridized carbons (Fsp3) is 0.235. The molecular weight excluding hydrogens is 399 g/mol. The first-order chi connectivity index (χ1) is 12.1. The SMILES string of the molecule is COc1cc(Cl)c(C)cc1NC(=O)C(C)NS(=O)(=O)c1ccc(Cl)cc1. The Bertz CT molecular complexity index is 915. The van der Waals surface area contributed by atoms with Crippen LogP contribution in [0.25, 0.3) is 0 Å². The summed E-state index contributed by atoms with van der Waals surface area (Å²) in [5.41, 5.74) is 1.15. The quantitative estimate of drug-likeness (QED) is 0.752. The molecule has 0 radical (unpaired) electrons. The van der Waals surface area contributed by atoms with E-state index in [0.29, 0.717) is 21.5 Å². The van der Waals surface area contributed by atoms with E-state index >= 15 is 0 Å². The Morgan fingerprint density at radius 3 is 2.35 bits per heavy atom. The number of carbonyl (C=O) groups excluding carboxylic acids is 1. The van der Waals surface area contributed by atoms with Crippen LogP contribution < -0.4 is 14.8 Å². The molecule has 2 N–H and O–H groups in total. The van der Waals surface area contributed by atoms with E-state index in [1.54, 1.807) is 19.1 Å².